The second kappa shape index (κ2) is 6.25. The maximum Gasteiger partial charge on any atom is 0.328 e. The number of hydrogen-bond acceptors (Lipinski definition) is 5. The van der Waals surface area contributed by atoms with Gasteiger partial charge in [-0.1, -0.05) is 6.92 Å². The van der Waals surface area contributed by atoms with E-state index in [1.807, 2.05) is 0 Å². The predicted octanol–water partition coefficient (Wildman–Crippen LogP) is 0.819. The first kappa shape index (κ1) is 15.9. The Balaban J connectivity index is 1.91. The molecule has 124 valence electrons. The summed E-state index contributed by atoms with van der Waals surface area (Å²) < 4.78 is 5.89. The SMILES string of the molecule is CCN1CCC2(CC1)OC[C@H](C(=O)O)N2C(=O)c1ccncc1. The number of hydrogen-bond donors (Lipinski definition) is 1. The Morgan fingerprint density at radius 2 is 2.00 bits per heavy atom. The van der Waals surface area contributed by atoms with Gasteiger partial charge in [-0.2, -0.15) is 0 Å². The molecule has 2 saturated heterocycles. The number of aliphatic carboxylic acids is 1. The number of carbonyl (C=O) groups excluding carboxylic acids is 1. The molecule has 7 nitrogen and oxygen atoms in total. The van der Waals surface area contributed by atoms with Gasteiger partial charge in [-0.25, -0.2) is 4.79 Å². The molecule has 2 fully saturated rings. The lowest BCUT2D eigenvalue weighted by atomic mass is 9.97. The summed E-state index contributed by atoms with van der Waals surface area (Å²) in [6.45, 7) is 4.66. The highest BCUT2D eigenvalue weighted by Crippen LogP contribution is 2.38. The molecule has 1 atom stereocenters. The van der Waals surface area contributed by atoms with Crippen molar-refractivity contribution < 1.29 is 19.4 Å². The van der Waals surface area contributed by atoms with Crippen molar-refractivity contribution in [2.75, 3.05) is 26.2 Å². The molecule has 0 aromatic carbocycles. The first-order valence-corrected chi connectivity index (χ1v) is 7.90. The van der Waals surface area contributed by atoms with E-state index in [0.29, 0.717) is 18.4 Å². The number of aromatic nitrogens is 1. The van der Waals surface area contributed by atoms with Crippen LogP contribution in [-0.2, 0) is 9.53 Å². The van der Waals surface area contributed by atoms with Gasteiger partial charge in [-0.15, -0.1) is 0 Å². The first-order valence-electron chi connectivity index (χ1n) is 7.90. The highest BCUT2D eigenvalue weighted by atomic mass is 16.5. The lowest BCUT2D eigenvalue weighted by Crippen LogP contribution is -2.58. The fraction of sp³-hybridized carbons (Fsp3) is 0.562. The Morgan fingerprint density at radius 3 is 2.57 bits per heavy atom. The topological polar surface area (TPSA) is 83.0 Å². The van der Waals surface area contributed by atoms with Gasteiger partial charge in [0, 0.05) is 43.9 Å². The Kier molecular flexibility index (Phi) is 4.32. The highest BCUT2D eigenvalue weighted by molar-refractivity contribution is 5.97. The van der Waals surface area contributed by atoms with Crippen LogP contribution in [0, 0.1) is 0 Å². The lowest BCUT2D eigenvalue weighted by molar-refractivity contribution is -0.143. The van der Waals surface area contributed by atoms with Crippen LogP contribution in [0.2, 0.25) is 0 Å². The summed E-state index contributed by atoms with van der Waals surface area (Å²) in [6.07, 6.45) is 4.32. The van der Waals surface area contributed by atoms with Crippen molar-refractivity contribution in [3.8, 4) is 0 Å². The third-order valence-electron chi connectivity index (χ3n) is 4.78. The average molecular weight is 319 g/mol. The van der Waals surface area contributed by atoms with Crippen molar-refractivity contribution in [3.63, 3.8) is 0 Å². The third kappa shape index (κ3) is 2.82. The van der Waals surface area contributed by atoms with E-state index in [1.165, 1.54) is 17.3 Å². The highest BCUT2D eigenvalue weighted by Gasteiger charge is 2.53. The molecule has 3 heterocycles. The average Bonchev–Trinajstić information content (AvgIpc) is 2.95. The summed E-state index contributed by atoms with van der Waals surface area (Å²) in [5, 5.41) is 9.49. The molecule has 3 rings (SSSR count). The van der Waals surface area contributed by atoms with Crippen LogP contribution in [0.15, 0.2) is 24.5 Å². The van der Waals surface area contributed by atoms with E-state index in [0.717, 1.165) is 19.6 Å². The van der Waals surface area contributed by atoms with E-state index in [2.05, 4.69) is 16.8 Å². The molecule has 1 spiro atoms. The van der Waals surface area contributed by atoms with Crippen LogP contribution in [0.5, 0.6) is 0 Å². The molecule has 1 amide bonds. The molecular formula is C16H21N3O4. The van der Waals surface area contributed by atoms with E-state index < -0.39 is 17.7 Å². The van der Waals surface area contributed by atoms with Gasteiger partial charge in [-0.05, 0) is 18.7 Å². The van der Waals surface area contributed by atoms with Crippen molar-refractivity contribution in [2.24, 2.45) is 0 Å². The fourth-order valence-corrected chi connectivity index (χ4v) is 3.41. The standard InChI is InChI=1S/C16H21N3O4/c1-2-18-9-5-16(6-10-18)19(13(11-23-16)15(21)22)14(20)12-3-7-17-8-4-12/h3-4,7-8,13H,2,5-6,9-11H2,1H3,(H,21,22)/t13-/m1/s1. The minimum Gasteiger partial charge on any atom is -0.480 e. The van der Waals surface area contributed by atoms with Crippen molar-refractivity contribution in [1.29, 1.82) is 0 Å². The van der Waals surface area contributed by atoms with Crippen molar-refractivity contribution in [2.45, 2.75) is 31.5 Å². The molecule has 0 saturated carbocycles. The molecular weight excluding hydrogens is 298 g/mol. The van der Waals surface area contributed by atoms with Crippen LogP contribution in [0.1, 0.15) is 30.1 Å². The summed E-state index contributed by atoms with van der Waals surface area (Å²) in [5.74, 6) is -1.33. The molecule has 2 aliphatic rings. The van der Waals surface area contributed by atoms with E-state index in [-0.39, 0.29) is 12.5 Å². The van der Waals surface area contributed by atoms with Gasteiger partial charge in [0.05, 0.1) is 6.61 Å². The van der Waals surface area contributed by atoms with Gasteiger partial charge in [-0.3, -0.25) is 14.7 Å². The molecule has 2 aliphatic heterocycles. The van der Waals surface area contributed by atoms with E-state index in [1.54, 1.807) is 12.1 Å². The number of carboxylic acid groups (broad SMARTS) is 1. The van der Waals surface area contributed by atoms with Crippen LogP contribution in [-0.4, -0.2) is 69.8 Å². The number of ether oxygens (including phenoxy) is 1. The van der Waals surface area contributed by atoms with E-state index in [9.17, 15) is 14.7 Å². The van der Waals surface area contributed by atoms with Crippen LogP contribution >= 0.6 is 0 Å². The summed E-state index contributed by atoms with van der Waals surface area (Å²) >= 11 is 0. The molecule has 1 aromatic heterocycles. The molecule has 1 aromatic rings. The number of carboxylic acids is 1. The second-order valence-corrected chi connectivity index (χ2v) is 5.96. The monoisotopic (exact) mass is 319 g/mol. The Bertz CT molecular complexity index is 584. The van der Waals surface area contributed by atoms with Crippen molar-refractivity contribution >= 4 is 11.9 Å². The molecule has 0 unspecified atom stereocenters. The molecule has 0 bridgehead atoms. The van der Waals surface area contributed by atoms with Crippen LogP contribution < -0.4 is 0 Å². The Labute approximate surface area is 134 Å². The normalized spacial score (nSPS) is 24.0. The van der Waals surface area contributed by atoms with Crippen molar-refractivity contribution in [3.05, 3.63) is 30.1 Å². The maximum absolute atomic E-state index is 12.9. The van der Waals surface area contributed by atoms with Gasteiger partial charge < -0.3 is 14.7 Å². The first-order chi connectivity index (χ1) is 11.1. The number of likely N-dealkylation sites (tertiary alicyclic amines) is 1. The molecule has 0 aliphatic carbocycles. The zero-order valence-electron chi connectivity index (χ0n) is 13.1. The zero-order valence-corrected chi connectivity index (χ0v) is 13.1. The largest absolute Gasteiger partial charge is 0.480 e. The molecule has 1 N–H and O–H groups in total. The summed E-state index contributed by atoms with van der Waals surface area (Å²) in [7, 11) is 0. The van der Waals surface area contributed by atoms with Crippen LogP contribution in [0.25, 0.3) is 0 Å². The summed E-state index contributed by atoms with van der Waals surface area (Å²) in [5.41, 5.74) is -0.372. The Morgan fingerprint density at radius 1 is 1.35 bits per heavy atom. The van der Waals surface area contributed by atoms with Gasteiger partial charge in [0.1, 0.15) is 5.72 Å². The zero-order chi connectivity index (χ0) is 16.4. The minimum atomic E-state index is -1.03. The third-order valence-corrected chi connectivity index (χ3v) is 4.78. The number of rotatable bonds is 3. The second-order valence-electron chi connectivity index (χ2n) is 5.96. The lowest BCUT2D eigenvalue weighted by Gasteiger charge is -2.44. The van der Waals surface area contributed by atoms with E-state index in [4.69, 9.17) is 4.74 Å². The van der Waals surface area contributed by atoms with Gasteiger partial charge in [0.15, 0.2) is 6.04 Å². The fourth-order valence-electron chi connectivity index (χ4n) is 3.41. The number of nitrogens with zero attached hydrogens (tertiary/aromatic N) is 3. The summed E-state index contributed by atoms with van der Waals surface area (Å²) in [4.78, 5) is 32.2. The molecule has 23 heavy (non-hydrogen) atoms. The predicted molar refractivity (Wildman–Crippen MR) is 81.9 cm³/mol. The van der Waals surface area contributed by atoms with Crippen molar-refractivity contribution in [1.82, 2.24) is 14.8 Å². The van der Waals surface area contributed by atoms with Crippen LogP contribution in [0.4, 0.5) is 0 Å². The minimum absolute atomic E-state index is 0.0400. The maximum atomic E-state index is 12.9. The Hall–Kier alpha value is -1.99. The molecule has 7 heteroatoms. The number of pyridine rings is 1. The summed E-state index contributed by atoms with van der Waals surface area (Å²) in [6, 6.07) is 2.27. The smallest absolute Gasteiger partial charge is 0.328 e. The quantitative estimate of drug-likeness (QED) is 0.888. The van der Waals surface area contributed by atoms with Gasteiger partial charge >= 0.3 is 5.97 Å². The molecule has 0 radical (unpaired) electrons. The number of amides is 1. The van der Waals surface area contributed by atoms with Gasteiger partial charge in [0.2, 0.25) is 0 Å². The number of piperidine rings is 1. The van der Waals surface area contributed by atoms with E-state index >= 15 is 0 Å². The van der Waals surface area contributed by atoms with Gasteiger partial charge in [0.25, 0.3) is 5.91 Å². The van der Waals surface area contributed by atoms with Crippen LogP contribution in [0.3, 0.4) is 0 Å². The number of carbonyl (C=O) groups is 2.